The van der Waals surface area contributed by atoms with Crippen molar-refractivity contribution in [3.05, 3.63) is 109 Å². The van der Waals surface area contributed by atoms with Gasteiger partial charge in [0.2, 0.25) is 0 Å². The summed E-state index contributed by atoms with van der Waals surface area (Å²) in [5, 5.41) is 9.05. The van der Waals surface area contributed by atoms with Crippen LogP contribution < -0.4 is 4.74 Å². The lowest BCUT2D eigenvalue weighted by molar-refractivity contribution is 0.0994. The number of benzene rings is 3. The van der Waals surface area contributed by atoms with E-state index in [1.807, 2.05) is 84.3 Å². The van der Waals surface area contributed by atoms with Crippen molar-refractivity contribution in [1.82, 2.24) is 14.8 Å². The number of carbonyl (C=O) groups excluding carboxylic acids is 1. The van der Waals surface area contributed by atoms with Gasteiger partial charge in [-0.05, 0) is 18.6 Å². The highest BCUT2D eigenvalue weighted by Gasteiger charge is 2.21. The van der Waals surface area contributed by atoms with Gasteiger partial charge in [-0.25, -0.2) is 0 Å². The molecule has 1 aromatic heterocycles. The average molecular weight is 456 g/mol. The number of aromatic nitrogens is 3. The van der Waals surface area contributed by atoms with Gasteiger partial charge < -0.3 is 4.74 Å². The summed E-state index contributed by atoms with van der Waals surface area (Å²) in [5.74, 6) is 1.52. The molecule has 5 nitrogen and oxygen atoms in total. The molecule has 3 aromatic carbocycles. The van der Waals surface area contributed by atoms with Crippen LogP contribution in [0.5, 0.6) is 5.75 Å². The minimum absolute atomic E-state index is 0.0586. The van der Waals surface area contributed by atoms with Gasteiger partial charge in [0, 0.05) is 17.7 Å². The molecule has 0 spiro atoms. The van der Waals surface area contributed by atoms with Gasteiger partial charge in [-0.1, -0.05) is 96.7 Å². The fraction of sp³-hybridized carbons (Fsp3) is 0.148. The van der Waals surface area contributed by atoms with Crippen LogP contribution in [0.3, 0.4) is 0 Å². The summed E-state index contributed by atoms with van der Waals surface area (Å²) in [6.07, 6.45) is 1.79. The van der Waals surface area contributed by atoms with Crippen molar-refractivity contribution in [1.29, 1.82) is 0 Å². The zero-order chi connectivity index (χ0) is 23.0. The molecule has 0 bridgehead atoms. The Morgan fingerprint density at radius 3 is 2.39 bits per heavy atom. The highest BCUT2D eigenvalue weighted by molar-refractivity contribution is 8.00. The number of ether oxygens (including phenoxy) is 1. The molecule has 4 aromatic rings. The van der Waals surface area contributed by atoms with Crippen LogP contribution in [0.4, 0.5) is 0 Å². The normalized spacial score (nSPS) is 11.7. The molecule has 4 rings (SSSR count). The number of thioether (sulfide) groups is 1. The first-order valence-corrected chi connectivity index (χ1v) is 11.6. The second kappa shape index (κ2) is 10.8. The molecule has 0 fully saturated rings. The first kappa shape index (κ1) is 22.6. The van der Waals surface area contributed by atoms with E-state index >= 15 is 0 Å². The van der Waals surface area contributed by atoms with Crippen molar-refractivity contribution in [3.8, 4) is 16.9 Å². The number of allylic oxidation sites excluding steroid dienone is 1. The number of rotatable bonds is 10. The fourth-order valence-electron chi connectivity index (χ4n) is 3.47. The van der Waals surface area contributed by atoms with Crippen molar-refractivity contribution in [3.63, 3.8) is 0 Å². The maximum Gasteiger partial charge on any atom is 0.192 e. The number of ketones is 1. The number of hydrogen-bond acceptors (Lipinski definition) is 5. The van der Waals surface area contributed by atoms with E-state index in [-0.39, 0.29) is 17.6 Å². The Labute approximate surface area is 198 Å². The smallest absolute Gasteiger partial charge is 0.192 e. The van der Waals surface area contributed by atoms with Gasteiger partial charge in [0.05, 0.1) is 5.25 Å². The number of nitrogens with zero attached hydrogens (tertiary/aromatic N) is 3. The van der Waals surface area contributed by atoms with Crippen LogP contribution in [0.1, 0.15) is 23.1 Å². The topological polar surface area (TPSA) is 57.0 Å². The molecule has 6 heteroatoms. The third kappa shape index (κ3) is 5.41. The zero-order valence-electron chi connectivity index (χ0n) is 18.4. The molecule has 33 heavy (non-hydrogen) atoms. The van der Waals surface area contributed by atoms with E-state index in [0.29, 0.717) is 23.1 Å². The average Bonchev–Trinajstić information content (AvgIpc) is 3.24. The highest BCUT2D eigenvalue weighted by Crippen LogP contribution is 2.30. The van der Waals surface area contributed by atoms with Crippen LogP contribution in [0.25, 0.3) is 11.1 Å². The van der Waals surface area contributed by atoms with E-state index in [1.165, 1.54) is 11.8 Å². The van der Waals surface area contributed by atoms with Crippen molar-refractivity contribution in [2.24, 2.45) is 0 Å². The van der Waals surface area contributed by atoms with Crippen molar-refractivity contribution < 1.29 is 9.53 Å². The fourth-order valence-corrected chi connectivity index (χ4v) is 4.42. The molecule has 0 N–H and O–H groups in total. The molecule has 1 unspecified atom stereocenters. The van der Waals surface area contributed by atoms with E-state index in [2.05, 4.69) is 28.9 Å². The summed E-state index contributed by atoms with van der Waals surface area (Å²) in [7, 11) is 0. The third-order valence-electron chi connectivity index (χ3n) is 5.14. The van der Waals surface area contributed by atoms with Crippen molar-refractivity contribution in [2.75, 3.05) is 0 Å². The van der Waals surface area contributed by atoms with Crippen molar-refractivity contribution >= 4 is 17.5 Å². The molecular formula is C27H25N3O2S. The Hall–Kier alpha value is -3.64. The Kier molecular flexibility index (Phi) is 7.37. The van der Waals surface area contributed by atoms with E-state index in [0.717, 1.165) is 16.9 Å². The van der Waals surface area contributed by atoms with Gasteiger partial charge in [-0.2, -0.15) is 0 Å². The maximum atomic E-state index is 12.8. The molecule has 0 amide bonds. The molecule has 166 valence electrons. The van der Waals surface area contributed by atoms with Gasteiger partial charge in [-0.15, -0.1) is 16.8 Å². The predicted molar refractivity (Wildman–Crippen MR) is 133 cm³/mol. The molecule has 0 saturated heterocycles. The molecule has 1 heterocycles. The van der Waals surface area contributed by atoms with Gasteiger partial charge in [-0.3, -0.25) is 9.36 Å². The summed E-state index contributed by atoms with van der Waals surface area (Å²) >= 11 is 1.39. The molecule has 0 aliphatic rings. The van der Waals surface area contributed by atoms with Crippen LogP contribution in [0.15, 0.2) is 103 Å². The van der Waals surface area contributed by atoms with E-state index in [4.69, 9.17) is 4.74 Å². The lowest BCUT2D eigenvalue weighted by atomic mass is 10.1. The highest BCUT2D eigenvalue weighted by atomic mass is 32.2. The lowest BCUT2D eigenvalue weighted by Crippen LogP contribution is -2.15. The quantitative estimate of drug-likeness (QED) is 0.165. The van der Waals surface area contributed by atoms with Gasteiger partial charge in [0.15, 0.2) is 16.8 Å². The number of Topliss-reactive ketones (excluding diaryl/α,β-unsaturated/α-hetero) is 1. The molecule has 0 radical (unpaired) electrons. The molecule has 1 atom stereocenters. The Balaban J connectivity index is 1.51. The summed E-state index contributed by atoms with van der Waals surface area (Å²) in [6, 6.07) is 27.4. The zero-order valence-corrected chi connectivity index (χ0v) is 19.2. The first-order chi connectivity index (χ1) is 16.2. The van der Waals surface area contributed by atoms with Crippen molar-refractivity contribution in [2.45, 2.75) is 30.5 Å². The monoisotopic (exact) mass is 455 g/mol. The minimum atomic E-state index is -0.298. The summed E-state index contributed by atoms with van der Waals surface area (Å²) in [6.45, 7) is 6.53. The first-order valence-electron chi connectivity index (χ1n) is 10.7. The molecule has 0 aliphatic heterocycles. The molecule has 0 aliphatic carbocycles. The lowest BCUT2D eigenvalue weighted by Gasteiger charge is -2.13. The summed E-state index contributed by atoms with van der Waals surface area (Å²) in [5.41, 5.74) is 2.79. The molecular weight excluding hydrogens is 430 g/mol. The predicted octanol–water partition coefficient (Wildman–Crippen LogP) is 6.07. The SMILES string of the molecule is C=CCn1c(COc2ccccc2-c2ccccc2)nnc1SC(C)C(=O)c1ccccc1. The Morgan fingerprint density at radius 1 is 1.00 bits per heavy atom. The van der Waals surface area contributed by atoms with Crippen LogP contribution in [0.2, 0.25) is 0 Å². The van der Waals surface area contributed by atoms with Crippen LogP contribution >= 0.6 is 11.8 Å². The Bertz CT molecular complexity index is 1220. The van der Waals surface area contributed by atoms with Gasteiger partial charge in [0.1, 0.15) is 12.4 Å². The van der Waals surface area contributed by atoms with E-state index in [1.54, 1.807) is 6.08 Å². The van der Waals surface area contributed by atoms with Gasteiger partial charge in [0.25, 0.3) is 0 Å². The van der Waals surface area contributed by atoms with Crippen LogP contribution in [-0.4, -0.2) is 25.8 Å². The standard InChI is InChI=1S/C27H25N3O2S/c1-3-18-30-25(19-32-24-17-11-10-16-23(24)21-12-6-4-7-13-21)28-29-27(30)33-20(2)26(31)22-14-8-5-9-15-22/h3-17,20H,1,18-19H2,2H3. The molecule has 0 saturated carbocycles. The maximum absolute atomic E-state index is 12.8. The van der Waals surface area contributed by atoms with Crippen LogP contribution in [-0.2, 0) is 13.2 Å². The Morgan fingerprint density at radius 2 is 1.67 bits per heavy atom. The minimum Gasteiger partial charge on any atom is -0.485 e. The van der Waals surface area contributed by atoms with Crippen LogP contribution in [0, 0.1) is 0 Å². The number of carbonyl (C=O) groups is 1. The number of para-hydroxylation sites is 1. The summed E-state index contributed by atoms with van der Waals surface area (Å²) < 4.78 is 8.11. The second-order valence-corrected chi connectivity index (χ2v) is 8.75. The second-order valence-electron chi connectivity index (χ2n) is 7.44. The van der Waals surface area contributed by atoms with Gasteiger partial charge >= 0.3 is 0 Å². The third-order valence-corrected chi connectivity index (χ3v) is 6.22. The summed E-state index contributed by atoms with van der Waals surface area (Å²) in [4.78, 5) is 12.8. The van der Waals surface area contributed by atoms with E-state index in [9.17, 15) is 4.79 Å². The van der Waals surface area contributed by atoms with E-state index < -0.39 is 0 Å². The largest absolute Gasteiger partial charge is 0.485 e. The number of hydrogen-bond donors (Lipinski definition) is 0.